The quantitative estimate of drug-likeness (QED) is 0.206. The number of ketones is 1. The van der Waals surface area contributed by atoms with Crippen LogP contribution in [0.15, 0.2) is 54.9 Å². The highest BCUT2D eigenvalue weighted by Crippen LogP contribution is 2.29. The van der Waals surface area contributed by atoms with Gasteiger partial charge in [-0.1, -0.05) is 50.1 Å². The number of fused-ring (bicyclic) bond motifs is 1. The maximum absolute atomic E-state index is 13.5. The number of benzene rings is 2. The van der Waals surface area contributed by atoms with Gasteiger partial charge in [0.15, 0.2) is 0 Å². The molecular formula is C29H34N2O6. The zero-order chi connectivity index (χ0) is 27.2. The van der Waals surface area contributed by atoms with Crippen LogP contribution in [-0.4, -0.2) is 40.5 Å². The number of unbranched alkanes of at least 4 members (excludes halogenated alkanes) is 1. The molecule has 1 heterocycles. The highest BCUT2D eigenvalue weighted by atomic mass is 16.6. The summed E-state index contributed by atoms with van der Waals surface area (Å²) in [6.45, 7) is 9.15. The van der Waals surface area contributed by atoms with Crippen molar-refractivity contribution in [3.63, 3.8) is 0 Å². The summed E-state index contributed by atoms with van der Waals surface area (Å²) in [7, 11) is 0. The highest BCUT2D eigenvalue weighted by Gasteiger charge is 2.28. The van der Waals surface area contributed by atoms with Crippen molar-refractivity contribution in [1.82, 2.24) is 4.57 Å². The van der Waals surface area contributed by atoms with E-state index in [1.165, 1.54) is 16.7 Å². The molecule has 0 aliphatic carbocycles. The van der Waals surface area contributed by atoms with Crippen LogP contribution in [0.5, 0.6) is 0 Å². The molecule has 196 valence electrons. The predicted octanol–water partition coefficient (Wildman–Crippen LogP) is 6.35. The van der Waals surface area contributed by atoms with E-state index < -0.39 is 35.3 Å². The van der Waals surface area contributed by atoms with Crippen LogP contribution in [0.1, 0.15) is 80.5 Å². The number of nitrogens with one attached hydrogen (secondary N) is 1. The van der Waals surface area contributed by atoms with E-state index in [4.69, 9.17) is 9.47 Å². The van der Waals surface area contributed by atoms with Crippen LogP contribution in [0.25, 0.3) is 10.8 Å². The Kier molecular flexibility index (Phi) is 8.86. The molecule has 0 spiro atoms. The molecule has 0 bridgehead atoms. The lowest BCUT2D eigenvalue weighted by molar-refractivity contribution is -0.145. The standard InChI is InChI=1S/C29H34N2O6/c1-6-8-13-22(27(34)36-7-2)19-14-15-24(30-28(35)37-29(3,4)5)23(16-19)25(32)26(33)31-17-20-11-9-10-12-21(20)18-31/h9-12,14-18,22H,6-8,13H2,1-5H3,(H,30,35). The third kappa shape index (κ3) is 7.06. The van der Waals surface area contributed by atoms with Crippen LogP contribution in [-0.2, 0) is 14.3 Å². The Morgan fingerprint density at radius 1 is 0.973 bits per heavy atom. The molecule has 37 heavy (non-hydrogen) atoms. The van der Waals surface area contributed by atoms with Crippen LogP contribution in [0.3, 0.4) is 0 Å². The predicted molar refractivity (Wildman–Crippen MR) is 142 cm³/mol. The smallest absolute Gasteiger partial charge is 0.412 e. The minimum absolute atomic E-state index is 0.0306. The Hall–Kier alpha value is -3.94. The second kappa shape index (κ2) is 11.9. The number of Topliss-reactive ketones (excluding diaryl/α,β-unsaturated/α-hetero) is 1. The van der Waals surface area contributed by atoms with Crippen LogP contribution in [0, 0.1) is 0 Å². The summed E-state index contributed by atoms with van der Waals surface area (Å²) in [6, 6.07) is 12.1. The van der Waals surface area contributed by atoms with Gasteiger partial charge in [0.1, 0.15) is 5.60 Å². The number of nitrogens with zero attached hydrogens (tertiary/aromatic N) is 1. The number of aromatic nitrogens is 1. The third-order valence-electron chi connectivity index (χ3n) is 5.72. The van der Waals surface area contributed by atoms with E-state index in [1.54, 1.807) is 46.2 Å². The normalized spacial score (nSPS) is 12.1. The first kappa shape index (κ1) is 27.6. The molecule has 0 aliphatic heterocycles. The molecule has 1 aromatic heterocycles. The number of esters is 1. The van der Waals surface area contributed by atoms with Crippen molar-refractivity contribution >= 4 is 40.2 Å². The number of hydrogen-bond donors (Lipinski definition) is 1. The maximum atomic E-state index is 13.5. The van der Waals surface area contributed by atoms with Crippen LogP contribution in [0.2, 0.25) is 0 Å². The SMILES string of the molecule is CCCCC(C(=O)OCC)c1ccc(NC(=O)OC(C)(C)C)c(C(=O)C(=O)n2cc3ccccc3c2)c1. The monoisotopic (exact) mass is 506 g/mol. The van der Waals surface area contributed by atoms with Gasteiger partial charge >= 0.3 is 18.0 Å². The highest BCUT2D eigenvalue weighted by molar-refractivity contribution is 6.45. The molecule has 0 saturated heterocycles. The second-order valence-electron chi connectivity index (χ2n) is 9.81. The third-order valence-corrected chi connectivity index (χ3v) is 5.72. The van der Waals surface area contributed by atoms with Crippen molar-refractivity contribution in [2.45, 2.75) is 65.4 Å². The Morgan fingerprint density at radius 2 is 1.62 bits per heavy atom. The van der Waals surface area contributed by atoms with Crippen molar-refractivity contribution < 1.29 is 28.7 Å². The number of anilines is 1. The molecule has 1 unspecified atom stereocenters. The molecule has 1 N–H and O–H groups in total. The Balaban J connectivity index is 2.04. The van der Waals surface area contributed by atoms with Crippen molar-refractivity contribution in [3.05, 3.63) is 66.0 Å². The Labute approximate surface area is 216 Å². The van der Waals surface area contributed by atoms with E-state index in [2.05, 4.69) is 5.32 Å². The largest absolute Gasteiger partial charge is 0.466 e. The van der Waals surface area contributed by atoms with Crippen molar-refractivity contribution in [1.29, 1.82) is 0 Å². The van der Waals surface area contributed by atoms with Gasteiger partial charge in [0.25, 0.3) is 5.78 Å². The van der Waals surface area contributed by atoms with Gasteiger partial charge in [-0.25, -0.2) is 4.79 Å². The summed E-state index contributed by atoms with van der Waals surface area (Å²) >= 11 is 0. The molecule has 0 radical (unpaired) electrons. The van der Waals surface area contributed by atoms with Gasteiger partial charge < -0.3 is 9.47 Å². The van der Waals surface area contributed by atoms with Crippen molar-refractivity contribution in [3.8, 4) is 0 Å². The minimum Gasteiger partial charge on any atom is -0.466 e. The lowest BCUT2D eigenvalue weighted by atomic mass is 9.91. The molecule has 2 aromatic carbocycles. The number of rotatable bonds is 9. The van der Waals surface area contributed by atoms with E-state index in [-0.39, 0.29) is 17.9 Å². The average Bonchev–Trinajstić information content (AvgIpc) is 3.27. The average molecular weight is 507 g/mol. The first-order valence-corrected chi connectivity index (χ1v) is 12.5. The summed E-state index contributed by atoms with van der Waals surface area (Å²) < 4.78 is 11.8. The van der Waals surface area contributed by atoms with Gasteiger partial charge in [-0.3, -0.25) is 24.3 Å². The molecule has 8 nitrogen and oxygen atoms in total. The number of carbonyl (C=O) groups excluding carboxylic acids is 4. The van der Waals surface area contributed by atoms with Crippen molar-refractivity contribution in [2.24, 2.45) is 0 Å². The molecule has 3 aromatic rings. The summed E-state index contributed by atoms with van der Waals surface area (Å²) in [5.41, 5.74) is -0.136. The Morgan fingerprint density at radius 3 is 2.19 bits per heavy atom. The van der Waals surface area contributed by atoms with Crippen LogP contribution in [0.4, 0.5) is 10.5 Å². The van der Waals surface area contributed by atoms with Crippen LogP contribution >= 0.6 is 0 Å². The summed E-state index contributed by atoms with van der Waals surface area (Å²) in [6.07, 6.45) is 4.59. The molecule has 3 rings (SSSR count). The molecule has 0 fully saturated rings. The summed E-state index contributed by atoms with van der Waals surface area (Å²) in [5.74, 6) is -2.62. The van der Waals surface area contributed by atoms with Gasteiger partial charge in [0.2, 0.25) is 0 Å². The summed E-state index contributed by atoms with van der Waals surface area (Å²) in [4.78, 5) is 52.0. The molecule has 8 heteroatoms. The van der Waals surface area contributed by atoms with E-state index >= 15 is 0 Å². The first-order chi connectivity index (χ1) is 17.5. The maximum Gasteiger partial charge on any atom is 0.412 e. The molecular weight excluding hydrogens is 472 g/mol. The topological polar surface area (TPSA) is 104 Å². The van der Waals surface area contributed by atoms with Gasteiger partial charge in [0.05, 0.1) is 23.8 Å². The van der Waals surface area contributed by atoms with Crippen molar-refractivity contribution in [2.75, 3.05) is 11.9 Å². The zero-order valence-electron chi connectivity index (χ0n) is 22.0. The van der Waals surface area contributed by atoms with E-state index in [0.717, 1.165) is 23.6 Å². The van der Waals surface area contributed by atoms with Gasteiger partial charge in [-0.05, 0) is 62.6 Å². The fourth-order valence-electron chi connectivity index (χ4n) is 3.99. The van der Waals surface area contributed by atoms with E-state index in [9.17, 15) is 19.2 Å². The lowest BCUT2D eigenvalue weighted by Gasteiger charge is -2.21. The van der Waals surface area contributed by atoms with E-state index in [0.29, 0.717) is 12.0 Å². The van der Waals surface area contributed by atoms with E-state index in [1.807, 2.05) is 31.2 Å². The lowest BCUT2D eigenvalue weighted by Crippen LogP contribution is -2.29. The molecule has 1 amide bonds. The number of amides is 1. The van der Waals surface area contributed by atoms with Crippen LogP contribution < -0.4 is 5.32 Å². The molecule has 1 atom stereocenters. The Bertz CT molecular complexity index is 1270. The fourth-order valence-corrected chi connectivity index (χ4v) is 3.99. The summed E-state index contributed by atoms with van der Waals surface area (Å²) in [5, 5.41) is 4.21. The zero-order valence-corrected chi connectivity index (χ0v) is 22.0. The second-order valence-corrected chi connectivity index (χ2v) is 9.81. The minimum atomic E-state index is -0.827. The van der Waals surface area contributed by atoms with Gasteiger partial charge in [0, 0.05) is 12.4 Å². The first-order valence-electron chi connectivity index (χ1n) is 12.5. The number of ether oxygens (including phenoxy) is 2. The van der Waals surface area contributed by atoms with Gasteiger partial charge in [-0.2, -0.15) is 0 Å². The molecule has 0 aliphatic rings. The number of hydrogen-bond acceptors (Lipinski definition) is 6. The molecule has 0 saturated carbocycles. The van der Waals surface area contributed by atoms with Gasteiger partial charge in [-0.15, -0.1) is 0 Å². The number of carbonyl (C=O) groups is 4. The fraction of sp³-hybridized carbons (Fsp3) is 0.379.